The first-order valence-electron chi connectivity index (χ1n) is 12.0. The van der Waals surface area contributed by atoms with Crippen molar-refractivity contribution in [2.75, 3.05) is 32.7 Å². The van der Waals surface area contributed by atoms with Crippen LogP contribution in [0, 0.1) is 6.92 Å². The zero-order valence-electron chi connectivity index (χ0n) is 19.7. The van der Waals surface area contributed by atoms with Gasteiger partial charge in [0.1, 0.15) is 0 Å². The van der Waals surface area contributed by atoms with E-state index in [4.69, 9.17) is 0 Å². The number of aryl methyl sites for hydroxylation is 1. The minimum absolute atomic E-state index is 0.0372. The number of amides is 2. The molecule has 0 aliphatic carbocycles. The highest BCUT2D eigenvalue weighted by atomic mass is 16.2. The van der Waals surface area contributed by atoms with Crippen LogP contribution >= 0.6 is 0 Å². The molecule has 5 rings (SSSR count). The number of fused-ring (bicyclic) bond motifs is 1. The van der Waals surface area contributed by atoms with Crippen LogP contribution in [-0.4, -0.2) is 69.4 Å². The molecule has 1 N–H and O–H groups in total. The largest absolute Gasteiger partial charge is 0.338 e. The van der Waals surface area contributed by atoms with Crippen LogP contribution < -0.4 is 0 Å². The zero-order valence-corrected chi connectivity index (χ0v) is 19.7. The highest BCUT2D eigenvalue weighted by molar-refractivity contribution is 5.94. The summed E-state index contributed by atoms with van der Waals surface area (Å²) in [5.41, 5.74) is 5.79. The van der Waals surface area contributed by atoms with Crippen molar-refractivity contribution >= 4 is 11.8 Å². The summed E-state index contributed by atoms with van der Waals surface area (Å²) in [7, 11) is 0. The zero-order chi connectivity index (χ0) is 23.5. The molecular formula is C27H31N5O2. The number of hydrogen-bond donors (Lipinski definition) is 1. The number of piperazine rings is 1. The maximum absolute atomic E-state index is 13.3. The Kier molecular flexibility index (Phi) is 6.45. The quantitative estimate of drug-likeness (QED) is 0.640. The van der Waals surface area contributed by atoms with Crippen LogP contribution in [0.25, 0.3) is 0 Å². The number of aromatic nitrogens is 2. The maximum atomic E-state index is 13.3. The van der Waals surface area contributed by atoms with E-state index in [2.05, 4.69) is 45.4 Å². The van der Waals surface area contributed by atoms with E-state index in [0.717, 1.165) is 42.0 Å². The van der Waals surface area contributed by atoms with Gasteiger partial charge in [-0.15, -0.1) is 0 Å². The Labute approximate surface area is 200 Å². The molecule has 1 aromatic heterocycles. The van der Waals surface area contributed by atoms with Gasteiger partial charge in [0.25, 0.3) is 5.91 Å². The number of nitrogens with one attached hydrogen (secondary N) is 1. The molecule has 0 unspecified atom stereocenters. The van der Waals surface area contributed by atoms with Gasteiger partial charge in [0.05, 0.1) is 6.42 Å². The summed E-state index contributed by atoms with van der Waals surface area (Å²) in [6.45, 7) is 7.07. The lowest BCUT2D eigenvalue weighted by molar-refractivity contribution is -0.131. The third kappa shape index (κ3) is 4.89. The molecule has 2 aliphatic heterocycles. The Morgan fingerprint density at radius 3 is 2.44 bits per heavy atom. The van der Waals surface area contributed by atoms with Gasteiger partial charge in [-0.3, -0.25) is 19.6 Å². The lowest BCUT2D eigenvalue weighted by Crippen LogP contribution is -2.48. The average Bonchev–Trinajstić information content (AvgIpc) is 3.28. The highest BCUT2D eigenvalue weighted by Gasteiger charge is 2.31. The highest BCUT2D eigenvalue weighted by Crippen LogP contribution is 2.23. The molecule has 7 nitrogen and oxygen atoms in total. The van der Waals surface area contributed by atoms with Crippen LogP contribution in [0.5, 0.6) is 0 Å². The minimum atomic E-state index is -0.0372. The fourth-order valence-electron chi connectivity index (χ4n) is 4.89. The average molecular weight is 458 g/mol. The van der Waals surface area contributed by atoms with Crippen LogP contribution in [0.4, 0.5) is 0 Å². The first-order chi connectivity index (χ1) is 16.6. The predicted octanol–water partition coefficient (Wildman–Crippen LogP) is 2.80. The standard InChI is InChI=1S/C27H31N5O2/c1-20-6-5-9-22(16-20)17-25(33)32-11-10-24-23(19-32)26(29-28-24)27(34)31-14-12-30(13-15-31)18-21-7-3-2-4-8-21/h2-9,16H,10-15,17-19H2,1H3,(H,28,29). The van der Waals surface area contributed by atoms with Crippen molar-refractivity contribution in [3.8, 4) is 0 Å². The van der Waals surface area contributed by atoms with Gasteiger partial charge in [-0.2, -0.15) is 5.10 Å². The van der Waals surface area contributed by atoms with Gasteiger partial charge < -0.3 is 9.80 Å². The fourth-order valence-corrected chi connectivity index (χ4v) is 4.89. The summed E-state index contributed by atoms with van der Waals surface area (Å²) in [6.07, 6.45) is 1.07. The van der Waals surface area contributed by atoms with Gasteiger partial charge in [0.2, 0.25) is 5.91 Å². The fraction of sp³-hybridized carbons (Fsp3) is 0.370. The van der Waals surface area contributed by atoms with Crippen molar-refractivity contribution in [3.63, 3.8) is 0 Å². The van der Waals surface area contributed by atoms with Crippen molar-refractivity contribution in [2.24, 2.45) is 0 Å². The number of carbonyl (C=O) groups excluding carboxylic acids is 2. The molecule has 1 fully saturated rings. The molecule has 0 bridgehead atoms. The van der Waals surface area contributed by atoms with Crippen molar-refractivity contribution in [1.29, 1.82) is 0 Å². The molecule has 1 saturated heterocycles. The van der Waals surface area contributed by atoms with E-state index < -0.39 is 0 Å². The molecule has 3 heterocycles. The molecule has 0 atom stereocenters. The van der Waals surface area contributed by atoms with Crippen LogP contribution in [0.15, 0.2) is 54.6 Å². The molecule has 34 heavy (non-hydrogen) atoms. The Balaban J connectivity index is 1.21. The summed E-state index contributed by atoms with van der Waals surface area (Å²) in [6, 6.07) is 18.5. The predicted molar refractivity (Wildman–Crippen MR) is 130 cm³/mol. The topological polar surface area (TPSA) is 72.5 Å². The molecule has 0 spiro atoms. The molecule has 2 aliphatic rings. The van der Waals surface area contributed by atoms with E-state index in [-0.39, 0.29) is 11.8 Å². The lowest BCUT2D eigenvalue weighted by atomic mass is 10.0. The first kappa shape index (κ1) is 22.3. The number of rotatable bonds is 5. The van der Waals surface area contributed by atoms with E-state index in [1.54, 1.807) is 0 Å². The molecule has 7 heteroatoms. The Morgan fingerprint density at radius 1 is 0.912 bits per heavy atom. The van der Waals surface area contributed by atoms with Gasteiger partial charge in [0, 0.05) is 63.5 Å². The van der Waals surface area contributed by atoms with E-state index in [1.807, 2.05) is 41.0 Å². The summed E-state index contributed by atoms with van der Waals surface area (Å²) in [5, 5.41) is 7.44. The maximum Gasteiger partial charge on any atom is 0.274 e. The number of H-pyrrole nitrogens is 1. The van der Waals surface area contributed by atoms with Crippen LogP contribution in [0.1, 0.15) is 38.4 Å². The van der Waals surface area contributed by atoms with Gasteiger partial charge in [-0.1, -0.05) is 60.2 Å². The van der Waals surface area contributed by atoms with Crippen molar-refractivity contribution in [3.05, 3.63) is 88.2 Å². The SMILES string of the molecule is Cc1cccc(CC(=O)N2CCc3[nH]nc(C(=O)N4CCN(Cc5ccccc5)CC4)c3C2)c1. The number of benzene rings is 2. The Morgan fingerprint density at radius 2 is 1.68 bits per heavy atom. The van der Waals surface area contributed by atoms with Crippen LogP contribution in [0.2, 0.25) is 0 Å². The molecule has 176 valence electrons. The number of hydrogen-bond acceptors (Lipinski definition) is 4. The van der Waals surface area contributed by atoms with Gasteiger partial charge in [-0.05, 0) is 18.1 Å². The van der Waals surface area contributed by atoms with Crippen LogP contribution in [-0.2, 0) is 30.7 Å². The number of aromatic amines is 1. The van der Waals surface area contributed by atoms with E-state index in [1.165, 1.54) is 5.56 Å². The number of nitrogens with zero attached hydrogens (tertiary/aromatic N) is 4. The normalized spacial score (nSPS) is 16.4. The van der Waals surface area contributed by atoms with Gasteiger partial charge in [0.15, 0.2) is 5.69 Å². The lowest BCUT2D eigenvalue weighted by Gasteiger charge is -2.35. The molecule has 0 saturated carbocycles. The first-order valence-corrected chi connectivity index (χ1v) is 12.0. The van der Waals surface area contributed by atoms with E-state index >= 15 is 0 Å². The second kappa shape index (κ2) is 9.81. The summed E-state index contributed by atoms with van der Waals surface area (Å²) < 4.78 is 0. The van der Waals surface area contributed by atoms with Crippen molar-refractivity contribution in [1.82, 2.24) is 24.9 Å². The molecular weight excluding hydrogens is 426 g/mol. The Bertz CT molecular complexity index is 1160. The second-order valence-electron chi connectivity index (χ2n) is 9.31. The smallest absolute Gasteiger partial charge is 0.274 e. The molecule has 3 aromatic rings. The Hall–Kier alpha value is -3.45. The molecule has 2 aromatic carbocycles. The minimum Gasteiger partial charge on any atom is -0.338 e. The van der Waals surface area contributed by atoms with E-state index in [0.29, 0.717) is 44.7 Å². The summed E-state index contributed by atoms with van der Waals surface area (Å²) in [5.74, 6) is 0.0511. The third-order valence-corrected chi connectivity index (χ3v) is 6.84. The third-order valence-electron chi connectivity index (χ3n) is 6.84. The molecule has 0 radical (unpaired) electrons. The van der Waals surface area contributed by atoms with Gasteiger partial charge >= 0.3 is 0 Å². The van der Waals surface area contributed by atoms with Crippen LogP contribution in [0.3, 0.4) is 0 Å². The van der Waals surface area contributed by atoms with Crippen molar-refractivity contribution < 1.29 is 9.59 Å². The molecule has 2 amide bonds. The van der Waals surface area contributed by atoms with Gasteiger partial charge in [-0.25, -0.2) is 0 Å². The van der Waals surface area contributed by atoms with E-state index in [9.17, 15) is 9.59 Å². The monoisotopic (exact) mass is 457 g/mol. The number of carbonyl (C=O) groups is 2. The summed E-state index contributed by atoms with van der Waals surface area (Å²) in [4.78, 5) is 32.4. The second-order valence-corrected chi connectivity index (χ2v) is 9.31. The summed E-state index contributed by atoms with van der Waals surface area (Å²) >= 11 is 0. The van der Waals surface area contributed by atoms with Crippen molar-refractivity contribution in [2.45, 2.75) is 32.9 Å².